The lowest BCUT2D eigenvalue weighted by atomic mass is 9.74. The Hall–Kier alpha value is -0.610. The lowest BCUT2D eigenvalue weighted by molar-refractivity contribution is -0.160. The van der Waals surface area contributed by atoms with Crippen LogP contribution in [0.15, 0.2) is 0 Å². The number of nitrogens with zero attached hydrogens (tertiary/aromatic N) is 1. The van der Waals surface area contributed by atoms with E-state index in [2.05, 4.69) is 17.1 Å². The van der Waals surface area contributed by atoms with Crippen LogP contribution in [0.25, 0.3) is 0 Å². The molecule has 1 aliphatic heterocycles. The van der Waals surface area contributed by atoms with Crippen molar-refractivity contribution in [1.82, 2.24) is 10.2 Å². The molecule has 2 rings (SSSR count). The van der Waals surface area contributed by atoms with Crippen LogP contribution in [0, 0.1) is 5.92 Å². The van der Waals surface area contributed by atoms with E-state index in [-0.39, 0.29) is 5.97 Å². The molecule has 1 atom stereocenters. The first-order valence-electron chi connectivity index (χ1n) is 7.23. The normalized spacial score (nSPS) is 26.6. The van der Waals surface area contributed by atoms with Crippen molar-refractivity contribution in [3.63, 3.8) is 0 Å². The first kappa shape index (κ1) is 13.8. The predicted molar refractivity (Wildman–Crippen MR) is 71.4 cm³/mol. The van der Waals surface area contributed by atoms with Crippen molar-refractivity contribution in [3.8, 4) is 0 Å². The minimum absolute atomic E-state index is 0.0451. The summed E-state index contributed by atoms with van der Waals surface area (Å²) in [6.07, 6.45) is 6.15. The second-order valence-corrected chi connectivity index (χ2v) is 5.71. The number of piperazine rings is 1. The smallest absolute Gasteiger partial charge is 0.326 e. The summed E-state index contributed by atoms with van der Waals surface area (Å²) >= 11 is 0. The van der Waals surface area contributed by atoms with E-state index >= 15 is 0 Å². The third kappa shape index (κ3) is 2.54. The molecule has 4 heteroatoms. The SMILES string of the molecule is COC(=O)C(C)(C1CCCCC1)N1CCNCC1. The number of hydrogen-bond donors (Lipinski definition) is 1. The summed E-state index contributed by atoms with van der Waals surface area (Å²) in [6.45, 7) is 5.93. The van der Waals surface area contributed by atoms with Gasteiger partial charge in [0.2, 0.25) is 0 Å². The monoisotopic (exact) mass is 254 g/mol. The highest BCUT2D eigenvalue weighted by atomic mass is 16.5. The third-order valence-electron chi connectivity index (χ3n) is 4.77. The summed E-state index contributed by atoms with van der Waals surface area (Å²) in [5.41, 5.74) is -0.419. The van der Waals surface area contributed by atoms with Crippen molar-refractivity contribution in [2.45, 2.75) is 44.6 Å². The first-order chi connectivity index (χ1) is 8.69. The number of carbonyl (C=O) groups is 1. The highest BCUT2D eigenvalue weighted by molar-refractivity contribution is 5.80. The van der Waals surface area contributed by atoms with Crippen molar-refractivity contribution >= 4 is 5.97 Å². The average Bonchev–Trinajstić information content (AvgIpc) is 2.47. The fourth-order valence-corrected chi connectivity index (χ4v) is 3.55. The molecule has 104 valence electrons. The van der Waals surface area contributed by atoms with Crippen LogP contribution in [-0.2, 0) is 9.53 Å². The first-order valence-corrected chi connectivity index (χ1v) is 7.23. The van der Waals surface area contributed by atoms with E-state index in [0.29, 0.717) is 5.92 Å². The van der Waals surface area contributed by atoms with Crippen LogP contribution in [0.4, 0.5) is 0 Å². The number of hydrogen-bond acceptors (Lipinski definition) is 4. The minimum atomic E-state index is -0.419. The van der Waals surface area contributed by atoms with E-state index in [1.165, 1.54) is 26.4 Å². The van der Waals surface area contributed by atoms with E-state index in [4.69, 9.17) is 4.74 Å². The van der Waals surface area contributed by atoms with Gasteiger partial charge in [-0.2, -0.15) is 0 Å². The van der Waals surface area contributed by atoms with Gasteiger partial charge in [0, 0.05) is 26.2 Å². The summed E-state index contributed by atoms with van der Waals surface area (Å²) in [7, 11) is 1.52. The molecule has 1 saturated carbocycles. The molecule has 0 aromatic carbocycles. The Morgan fingerprint density at radius 3 is 2.39 bits per heavy atom. The molecule has 0 spiro atoms. The standard InChI is InChI=1S/C14H26N2O2/c1-14(13(17)18-2,12-6-4-3-5-7-12)16-10-8-15-9-11-16/h12,15H,3-11H2,1-2H3. The molecule has 0 aromatic heterocycles. The van der Waals surface area contributed by atoms with Gasteiger partial charge in [-0.15, -0.1) is 0 Å². The molecule has 0 bridgehead atoms. The Labute approximate surface area is 110 Å². The Bertz CT molecular complexity index is 264. The van der Waals surface area contributed by atoms with Gasteiger partial charge in [0.25, 0.3) is 0 Å². The van der Waals surface area contributed by atoms with Crippen molar-refractivity contribution in [2.75, 3.05) is 33.3 Å². The van der Waals surface area contributed by atoms with Crippen molar-refractivity contribution in [2.24, 2.45) is 5.92 Å². The fourth-order valence-electron chi connectivity index (χ4n) is 3.55. The van der Waals surface area contributed by atoms with Gasteiger partial charge in [-0.25, -0.2) is 0 Å². The molecule has 0 amide bonds. The molecule has 1 unspecified atom stereocenters. The van der Waals surface area contributed by atoms with E-state index < -0.39 is 5.54 Å². The summed E-state index contributed by atoms with van der Waals surface area (Å²) in [4.78, 5) is 14.7. The van der Waals surface area contributed by atoms with Crippen LogP contribution in [0.3, 0.4) is 0 Å². The Morgan fingerprint density at radius 2 is 1.83 bits per heavy atom. The maximum Gasteiger partial charge on any atom is 0.326 e. The van der Waals surface area contributed by atoms with Gasteiger partial charge in [-0.3, -0.25) is 9.69 Å². The maximum absolute atomic E-state index is 12.3. The number of carbonyl (C=O) groups excluding carboxylic acids is 1. The second-order valence-electron chi connectivity index (χ2n) is 5.71. The highest BCUT2D eigenvalue weighted by Crippen LogP contribution is 2.37. The molecule has 1 N–H and O–H groups in total. The highest BCUT2D eigenvalue weighted by Gasteiger charge is 2.47. The maximum atomic E-state index is 12.3. The van der Waals surface area contributed by atoms with Gasteiger partial charge in [0.05, 0.1) is 7.11 Å². The van der Waals surface area contributed by atoms with Gasteiger partial charge >= 0.3 is 5.97 Å². The van der Waals surface area contributed by atoms with E-state index in [9.17, 15) is 4.79 Å². The molecular formula is C14H26N2O2. The molecule has 18 heavy (non-hydrogen) atoms. The van der Waals surface area contributed by atoms with Crippen LogP contribution in [0.1, 0.15) is 39.0 Å². The molecule has 0 aromatic rings. The summed E-state index contributed by atoms with van der Waals surface area (Å²) < 4.78 is 5.12. The minimum Gasteiger partial charge on any atom is -0.468 e. The van der Waals surface area contributed by atoms with Crippen molar-refractivity contribution in [1.29, 1.82) is 0 Å². The Kier molecular flexibility index (Phi) is 4.62. The van der Waals surface area contributed by atoms with Gasteiger partial charge in [-0.05, 0) is 25.7 Å². The topological polar surface area (TPSA) is 41.6 Å². The number of nitrogens with one attached hydrogen (secondary N) is 1. The summed E-state index contributed by atoms with van der Waals surface area (Å²) in [6, 6.07) is 0. The molecular weight excluding hydrogens is 228 g/mol. The molecule has 0 radical (unpaired) electrons. The Morgan fingerprint density at radius 1 is 1.22 bits per heavy atom. The zero-order chi connectivity index (χ0) is 13.0. The predicted octanol–water partition coefficient (Wildman–Crippen LogP) is 1.40. The zero-order valence-electron chi connectivity index (χ0n) is 11.7. The molecule has 2 fully saturated rings. The van der Waals surface area contributed by atoms with Gasteiger partial charge in [0.15, 0.2) is 0 Å². The van der Waals surface area contributed by atoms with E-state index in [1.807, 2.05) is 0 Å². The van der Waals surface area contributed by atoms with Gasteiger partial charge in [-0.1, -0.05) is 19.3 Å². The van der Waals surface area contributed by atoms with Crippen LogP contribution >= 0.6 is 0 Å². The number of esters is 1. The third-order valence-corrected chi connectivity index (χ3v) is 4.77. The number of methoxy groups -OCH3 is 1. The lowest BCUT2D eigenvalue weighted by Crippen LogP contribution is -2.62. The lowest BCUT2D eigenvalue weighted by Gasteiger charge is -2.47. The summed E-state index contributed by atoms with van der Waals surface area (Å²) in [5.74, 6) is 0.410. The average molecular weight is 254 g/mol. The molecule has 1 saturated heterocycles. The van der Waals surface area contributed by atoms with Crippen LogP contribution in [0.5, 0.6) is 0 Å². The zero-order valence-corrected chi connectivity index (χ0v) is 11.7. The van der Waals surface area contributed by atoms with Crippen molar-refractivity contribution < 1.29 is 9.53 Å². The fraction of sp³-hybridized carbons (Fsp3) is 0.929. The Balaban J connectivity index is 2.17. The summed E-state index contributed by atoms with van der Waals surface area (Å²) in [5, 5.41) is 3.35. The molecule has 4 nitrogen and oxygen atoms in total. The molecule has 2 aliphatic rings. The second kappa shape index (κ2) is 6.02. The largest absolute Gasteiger partial charge is 0.468 e. The molecule has 1 aliphatic carbocycles. The van der Waals surface area contributed by atoms with Gasteiger partial charge in [0.1, 0.15) is 5.54 Å². The number of ether oxygens (including phenoxy) is 1. The quantitative estimate of drug-likeness (QED) is 0.773. The van der Waals surface area contributed by atoms with Crippen LogP contribution in [0.2, 0.25) is 0 Å². The number of rotatable bonds is 3. The van der Waals surface area contributed by atoms with Crippen molar-refractivity contribution in [3.05, 3.63) is 0 Å². The van der Waals surface area contributed by atoms with Gasteiger partial charge < -0.3 is 10.1 Å². The van der Waals surface area contributed by atoms with Crippen LogP contribution in [-0.4, -0.2) is 49.7 Å². The van der Waals surface area contributed by atoms with Crippen LogP contribution < -0.4 is 5.32 Å². The van der Waals surface area contributed by atoms with E-state index in [0.717, 1.165) is 39.0 Å². The van der Waals surface area contributed by atoms with E-state index in [1.54, 1.807) is 0 Å². The molecule has 1 heterocycles.